The minimum Gasteiger partial charge on any atom is -0.454 e. The molecular formula is C19H20O5S. The van der Waals surface area contributed by atoms with E-state index in [0.717, 1.165) is 22.9 Å². The predicted molar refractivity (Wildman–Crippen MR) is 94.8 cm³/mol. The van der Waals surface area contributed by atoms with Gasteiger partial charge in [-0.25, -0.2) is 13.2 Å². The maximum Gasteiger partial charge on any atom is 0.339 e. The van der Waals surface area contributed by atoms with Crippen LogP contribution in [0.2, 0.25) is 0 Å². The van der Waals surface area contributed by atoms with E-state index in [4.69, 9.17) is 4.74 Å². The topological polar surface area (TPSA) is 77.5 Å². The molecule has 5 nitrogen and oxygen atoms in total. The fourth-order valence-electron chi connectivity index (χ4n) is 2.86. The van der Waals surface area contributed by atoms with Crippen molar-refractivity contribution in [2.75, 3.05) is 12.9 Å². The van der Waals surface area contributed by atoms with Crippen molar-refractivity contribution in [3.8, 4) is 0 Å². The molecule has 0 saturated heterocycles. The smallest absolute Gasteiger partial charge is 0.339 e. The number of sulfone groups is 1. The molecule has 0 radical (unpaired) electrons. The molecule has 2 rings (SSSR count). The standard InChI is InChI=1S/C19H20O5S/c1-12-9-13(2)18(14(3)10-12)16(20)11-24-19(21)15-7-5-6-8-17(15)25(4,22)23/h5-10H,11H2,1-4H3. The van der Waals surface area contributed by atoms with Gasteiger partial charge in [-0.1, -0.05) is 29.8 Å². The van der Waals surface area contributed by atoms with Crippen molar-refractivity contribution in [3.63, 3.8) is 0 Å². The normalized spacial score (nSPS) is 11.2. The maximum atomic E-state index is 12.4. The molecule has 2 aromatic carbocycles. The fourth-order valence-corrected chi connectivity index (χ4v) is 3.74. The SMILES string of the molecule is Cc1cc(C)c(C(=O)COC(=O)c2ccccc2S(C)(=O)=O)c(C)c1. The summed E-state index contributed by atoms with van der Waals surface area (Å²) in [6.45, 7) is 5.15. The van der Waals surface area contributed by atoms with E-state index in [1.807, 2.05) is 32.9 Å². The van der Waals surface area contributed by atoms with Gasteiger partial charge in [0, 0.05) is 11.8 Å². The Kier molecular flexibility index (Phi) is 5.42. The Morgan fingerprint density at radius 3 is 2.12 bits per heavy atom. The van der Waals surface area contributed by atoms with E-state index in [9.17, 15) is 18.0 Å². The highest BCUT2D eigenvalue weighted by Gasteiger charge is 2.21. The number of ether oxygens (including phenoxy) is 1. The summed E-state index contributed by atoms with van der Waals surface area (Å²) in [6.07, 6.45) is 1.02. The van der Waals surface area contributed by atoms with Gasteiger partial charge in [0.1, 0.15) is 0 Å². The van der Waals surface area contributed by atoms with Crippen molar-refractivity contribution < 1.29 is 22.7 Å². The highest BCUT2D eigenvalue weighted by Crippen LogP contribution is 2.19. The van der Waals surface area contributed by atoms with Crippen LogP contribution >= 0.6 is 0 Å². The van der Waals surface area contributed by atoms with Crippen LogP contribution in [0.15, 0.2) is 41.3 Å². The van der Waals surface area contributed by atoms with Crippen LogP contribution in [0.1, 0.15) is 37.4 Å². The minimum atomic E-state index is -3.57. The van der Waals surface area contributed by atoms with Crippen LogP contribution in [-0.2, 0) is 14.6 Å². The van der Waals surface area contributed by atoms with Crippen molar-refractivity contribution in [3.05, 3.63) is 64.2 Å². The zero-order chi connectivity index (χ0) is 18.8. The molecule has 0 unspecified atom stereocenters. The number of hydrogen-bond acceptors (Lipinski definition) is 5. The van der Waals surface area contributed by atoms with Gasteiger partial charge in [-0.2, -0.15) is 0 Å². The van der Waals surface area contributed by atoms with E-state index >= 15 is 0 Å². The van der Waals surface area contributed by atoms with Crippen LogP contribution in [0.5, 0.6) is 0 Å². The molecular weight excluding hydrogens is 340 g/mol. The summed E-state index contributed by atoms with van der Waals surface area (Å²) in [4.78, 5) is 24.5. The van der Waals surface area contributed by atoms with Gasteiger partial charge in [-0.05, 0) is 44.0 Å². The predicted octanol–water partition coefficient (Wildman–Crippen LogP) is 3.06. The van der Waals surface area contributed by atoms with Crippen LogP contribution < -0.4 is 0 Å². The molecule has 132 valence electrons. The maximum absolute atomic E-state index is 12.4. The molecule has 0 aliphatic carbocycles. The Morgan fingerprint density at radius 1 is 1.00 bits per heavy atom. The van der Waals surface area contributed by atoms with Crippen LogP contribution in [0.4, 0.5) is 0 Å². The number of ketones is 1. The lowest BCUT2D eigenvalue weighted by molar-refractivity contribution is 0.0470. The number of carbonyl (C=O) groups excluding carboxylic acids is 2. The lowest BCUT2D eigenvalue weighted by Crippen LogP contribution is -2.18. The quantitative estimate of drug-likeness (QED) is 0.605. The first-order chi connectivity index (χ1) is 11.6. The molecule has 0 aliphatic rings. The van der Waals surface area contributed by atoms with Crippen molar-refractivity contribution in [1.29, 1.82) is 0 Å². The molecule has 0 spiro atoms. The summed E-state index contributed by atoms with van der Waals surface area (Å²) in [7, 11) is -3.57. The third kappa shape index (κ3) is 4.33. The zero-order valence-corrected chi connectivity index (χ0v) is 15.4. The number of rotatable bonds is 5. The van der Waals surface area contributed by atoms with E-state index in [1.54, 1.807) is 6.07 Å². The Morgan fingerprint density at radius 2 is 1.56 bits per heavy atom. The molecule has 0 N–H and O–H groups in total. The Balaban J connectivity index is 2.21. The second-order valence-electron chi connectivity index (χ2n) is 6.04. The highest BCUT2D eigenvalue weighted by molar-refractivity contribution is 7.90. The third-order valence-electron chi connectivity index (χ3n) is 3.80. The first-order valence-electron chi connectivity index (χ1n) is 7.68. The molecule has 0 saturated carbocycles. The number of aryl methyl sites for hydroxylation is 3. The van der Waals surface area contributed by atoms with Crippen molar-refractivity contribution in [1.82, 2.24) is 0 Å². The molecule has 0 bridgehead atoms. The molecule has 2 aromatic rings. The summed E-state index contributed by atoms with van der Waals surface area (Å²) in [5.41, 5.74) is 3.13. The van der Waals surface area contributed by atoms with E-state index in [0.29, 0.717) is 5.56 Å². The summed E-state index contributed by atoms with van der Waals surface area (Å²) in [5.74, 6) is -1.16. The first kappa shape index (κ1) is 18.9. The van der Waals surface area contributed by atoms with Gasteiger partial charge < -0.3 is 4.74 Å². The van der Waals surface area contributed by atoms with E-state index in [2.05, 4.69) is 0 Å². The van der Waals surface area contributed by atoms with Crippen LogP contribution in [0, 0.1) is 20.8 Å². The number of esters is 1. The first-order valence-corrected chi connectivity index (χ1v) is 9.57. The summed E-state index contributed by atoms with van der Waals surface area (Å²) in [6, 6.07) is 9.55. The monoisotopic (exact) mass is 360 g/mol. The molecule has 0 heterocycles. The van der Waals surface area contributed by atoms with Gasteiger partial charge in [-0.15, -0.1) is 0 Å². The number of benzene rings is 2. The summed E-state index contributed by atoms with van der Waals surface area (Å²) < 4.78 is 28.6. The van der Waals surface area contributed by atoms with Crippen molar-refractivity contribution in [2.45, 2.75) is 25.7 Å². The van der Waals surface area contributed by atoms with Gasteiger partial charge in [0.15, 0.2) is 16.4 Å². The number of hydrogen-bond donors (Lipinski definition) is 0. The number of carbonyl (C=O) groups is 2. The number of Topliss-reactive ketones (excluding diaryl/α,β-unsaturated/α-hetero) is 1. The van der Waals surface area contributed by atoms with Crippen LogP contribution in [-0.4, -0.2) is 33.0 Å². The van der Waals surface area contributed by atoms with Crippen LogP contribution in [0.3, 0.4) is 0 Å². The lowest BCUT2D eigenvalue weighted by atomic mass is 9.97. The highest BCUT2D eigenvalue weighted by atomic mass is 32.2. The summed E-state index contributed by atoms with van der Waals surface area (Å²) in [5, 5.41) is 0. The second kappa shape index (κ2) is 7.19. The Labute approximate surface area is 147 Å². The largest absolute Gasteiger partial charge is 0.454 e. The van der Waals surface area contributed by atoms with Crippen LogP contribution in [0.25, 0.3) is 0 Å². The molecule has 0 fully saturated rings. The van der Waals surface area contributed by atoms with E-state index in [-0.39, 0.29) is 16.2 Å². The van der Waals surface area contributed by atoms with Gasteiger partial charge in [-0.3, -0.25) is 4.79 Å². The summed E-state index contributed by atoms with van der Waals surface area (Å²) >= 11 is 0. The molecule has 25 heavy (non-hydrogen) atoms. The fraction of sp³-hybridized carbons (Fsp3) is 0.263. The van der Waals surface area contributed by atoms with Crippen molar-refractivity contribution in [2.24, 2.45) is 0 Å². The zero-order valence-electron chi connectivity index (χ0n) is 14.6. The van der Waals surface area contributed by atoms with Crippen molar-refractivity contribution >= 4 is 21.6 Å². The Hall–Kier alpha value is -2.47. The van der Waals surface area contributed by atoms with Gasteiger partial charge >= 0.3 is 5.97 Å². The lowest BCUT2D eigenvalue weighted by Gasteiger charge is -2.11. The molecule has 0 atom stereocenters. The third-order valence-corrected chi connectivity index (χ3v) is 4.95. The molecule has 0 aromatic heterocycles. The van der Waals surface area contributed by atoms with E-state index in [1.165, 1.54) is 18.2 Å². The minimum absolute atomic E-state index is 0.0739. The average molecular weight is 360 g/mol. The molecule has 6 heteroatoms. The second-order valence-corrected chi connectivity index (χ2v) is 8.03. The molecule has 0 amide bonds. The Bertz CT molecular complexity index is 919. The van der Waals surface area contributed by atoms with Gasteiger partial charge in [0.25, 0.3) is 0 Å². The molecule has 0 aliphatic heterocycles. The average Bonchev–Trinajstić information content (AvgIpc) is 2.50. The van der Waals surface area contributed by atoms with Gasteiger partial charge in [0.05, 0.1) is 10.5 Å². The van der Waals surface area contributed by atoms with E-state index < -0.39 is 22.4 Å². The van der Waals surface area contributed by atoms with Gasteiger partial charge in [0.2, 0.25) is 5.78 Å².